The summed E-state index contributed by atoms with van der Waals surface area (Å²) in [5, 5.41) is 2.95. The maximum Gasteiger partial charge on any atom is 0.253 e. The van der Waals surface area contributed by atoms with Crippen LogP contribution in [0.15, 0.2) is 47.3 Å². The Kier molecular flexibility index (Phi) is 7.39. The summed E-state index contributed by atoms with van der Waals surface area (Å²) in [6.07, 6.45) is 0. The first-order chi connectivity index (χ1) is 15.6. The number of rotatable bonds is 7. The second-order valence-corrected chi connectivity index (χ2v) is 9.12. The van der Waals surface area contributed by atoms with Crippen LogP contribution < -0.4 is 15.8 Å². The Morgan fingerprint density at radius 3 is 2.18 bits per heavy atom. The molecule has 1 heterocycles. The van der Waals surface area contributed by atoms with Gasteiger partial charge in [0.1, 0.15) is 0 Å². The summed E-state index contributed by atoms with van der Waals surface area (Å²) in [7, 11) is 8.05. The van der Waals surface area contributed by atoms with Gasteiger partial charge < -0.3 is 20.1 Å². The highest BCUT2D eigenvalue weighted by molar-refractivity contribution is 5.98. The lowest BCUT2D eigenvalue weighted by atomic mass is 9.96. The van der Waals surface area contributed by atoms with Gasteiger partial charge in [0.2, 0.25) is 0 Å². The number of hydrogen-bond donors (Lipinski definition) is 2. The van der Waals surface area contributed by atoms with E-state index in [2.05, 4.69) is 45.5 Å². The lowest BCUT2D eigenvalue weighted by molar-refractivity contribution is 0.0950. The van der Waals surface area contributed by atoms with Gasteiger partial charge in [-0.1, -0.05) is 24.3 Å². The quantitative estimate of drug-likeness (QED) is 0.575. The molecule has 0 aliphatic rings. The zero-order valence-electron chi connectivity index (χ0n) is 20.7. The van der Waals surface area contributed by atoms with E-state index in [-0.39, 0.29) is 18.0 Å². The molecule has 0 aliphatic heterocycles. The molecule has 0 saturated heterocycles. The molecule has 1 amide bonds. The largest absolute Gasteiger partial charge is 0.377 e. The van der Waals surface area contributed by atoms with Crippen molar-refractivity contribution in [3.63, 3.8) is 0 Å². The minimum Gasteiger partial charge on any atom is -0.377 e. The third-order valence-electron chi connectivity index (χ3n) is 5.81. The van der Waals surface area contributed by atoms with Crippen LogP contribution in [-0.2, 0) is 13.1 Å². The summed E-state index contributed by atoms with van der Waals surface area (Å²) in [5.41, 5.74) is 7.86. The number of anilines is 1. The van der Waals surface area contributed by atoms with Crippen molar-refractivity contribution in [3.05, 3.63) is 86.3 Å². The molecule has 6 nitrogen and oxygen atoms in total. The van der Waals surface area contributed by atoms with Gasteiger partial charge in [-0.25, -0.2) is 0 Å². The van der Waals surface area contributed by atoms with E-state index in [1.54, 1.807) is 0 Å². The predicted molar refractivity (Wildman–Crippen MR) is 136 cm³/mol. The monoisotopic (exact) mass is 446 g/mol. The number of benzene rings is 2. The van der Waals surface area contributed by atoms with Gasteiger partial charge in [-0.3, -0.25) is 9.59 Å². The highest BCUT2D eigenvalue weighted by Crippen LogP contribution is 2.30. The first-order valence-electron chi connectivity index (χ1n) is 11.1. The Bertz CT molecular complexity index is 1210. The number of nitrogens with one attached hydrogen (secondary N) is 2. The van der Waals surface area contributed by atoms with E-state index in [1.807, 2.05) is 66.0 Å². The van der Waals surface area contributed by atoms with Crippen LogP contribution in [0.25, 0.3) is 11.1 Å². The van der Waals surface area contributed by atoms with E-state index in [4.69, 9.17) is 0 Å². The summed E-state index contributed by atoms with van der Waals surface area (Å²) in [6.45, 7) is 6.75. The molecule has 2 N–H and O–H groups in total. The number of aromatic nitrogens is 1. The predicted octanol–water partition coefficient (Wildman–Crippen LogP) is 4.02. The summed E-state index contributed by atoms with van der Waals surface area (Å²) >= 11 is 0. The smallest absolute Gasteiger partial charge is 0.253 e. The van der Waals surface area contributed by atoms with Crippen molar-refractivity contribution in [1.29, 1.82) is 0 Å². The molecule has 174 valence electrons. The standard InChI is InChI=1S/C27H34N4O2/c1-17-12-18(2)29-27(33)24(17)15-28-26(32)23-13-22(14-25(19(23)3)31(6)7)21-10-8-20(9-11-21)16-30(4)5/h8-14H,15-16H2,1-7H3,(H,28,32)(H,29,33). The average molecular weight is 447 g/mol. The number of amides is 1. The molecular formula is C27H34N4O2. The van der Waals surface area contributed by atoms with Gasteiger partial charge >= 0.3 is 0 Å². The molecule has 6 heteroatoms. The maximum atomic E-state index is 13.2. The summed E-state index contributed by atoms with van der Waals surface area (Å²) < 4.78 is 0. The summed E-state index contributed by atoms with van der Waals surface area (Å²) in [5.74, 6) is -0.193. The fourth-order valence-electron chi connectivity index (χ4n) is 4.10. The number of pyridine rings is 1. The van der Waals surface area contributed by atoms with Gasteiger partial charge in [0, 0.05) is 49.7 Å². The van der Waals surface area contributed by atoms with Crippen LogP contribution in [0.2, 0.25) is 0 Å². The molecule has 0 radical (unpaired) electrons. The number of carbonyl (C=O) groups excluding carboxylic acids is 1. The molecule has 3 rings (SSSR count). The van der Waals surface area contributed by atoms with Crippen molar-refractivity contribution < 1.29 is 4.79 Å². The molecule has 0 saturated carbocycles. The lowest BCUT2D eigenvalue weighted by Crippen LogP contribution is -2.28. The summed E-state index contributed by atoms with van der Waals surface area (Å²) in [6, 6.07) is 14.4. The Balaban J connectivity index is 1.93. The fourth-order valence-corrected chi connectivity index (χ4v) is 4.10. The Labute approximate surface area is 196 Å². The van der Waals surface area contributed by atoms with E-state index in [0.29, 0.717) is 11.1 Å². The van der Waals surface area contributed by atoms with Gasteiger partial charge in [0.25, 0.3) is 11.5 Å². The Morgan fingerprint density at radius 1 is 0.939 bits per heavy atom. The lowest BCUT2D eigenvalue weighted by Gasteiger charge is -2.20. The Morgan fingerprint density at radius 2 is 1.61 bits per heavy atom. The molecule has 0 fully saturated rings. The van der Waals surface area contributed by atoms with E-state index >= 15 is 0 Å². The minimum atomic E-state index is -0.193. The zero-order valence-corrected chi connectivity index (χ0v) is 20.7. The van der Waals surface area contributed by atoms with Crippen molar-refractivity contribution >= 4 is 11.6 Å². The maximum absolute atomic E-state index is 13.2. The van der Waals surface area contributed by atoms with Gasteiger partial charge in [0.15, 0.2) is 0 Å². The van der Waals surface area contributed by atoms with Crippen LogP contribution in [0.1, 0.15) is 38.3 Å². The molecule has 0 aliphatic carbocycles. The normalized spacial score (nSPS) is 11.0. The molecule has 3 aromatic rings. The molecule has 1 aromatic heterocycles. The second kappa shape index (κ2) is 10.0. The van der Waals surface area contributed by atoms with Crippen molar-refractivity contribution in [2.45, 2.75) is 33.9 Å². The average Bonchev–Trinajstić information content (AvgIpc) is 2.73. The molecule has 0 unspecified atom stereocenters. The van der Waals surface area contributed by atoms with E-state index in [9.17, 15) is 9.59 Å². The minimum absolute atomic E-state index is 0.162. The zero-order chi connectivity index (χ0) is 24.3. The molecular weight excluding hydrogens is 412 g/mol. The highest BCUT2D eigenvalue weighted by atomic mass is 16.1. The van der Waals surface area contributed by atoms with Crippen LogP contribution in [0, 0.1) is 20.8 Å². The first kappa shape index (κ1) is 24.3. The molecule has 33 heavy (non-hydrogen) atoms. The van der Waals surface area contributed by atoms with Crippen molar-refractivity contribution in [3.8, 4) is 11.1 Å². The fraction of sp³-hybridized carbons (Fsp3) is 0.333. The number of hydrogen-bond acceptors (Lipinski definition) is 4. The second-order valence-electron chi connectivity index (χ2n) is 9.12. The van der Waals surface area contributed by atoms with E-state index < -0.39 is 0 Å². The number of aromatic amines is 1. The van der Waals surface area contributed by atoms with Gasteiger partial charge in [-0.2, -0.15) is 0 Å². The number of aryl methyl sites for hydroxylation is 2. The van der Waals surface area contributed by atoms with Crippen LogP contribution in [0.3, 0.4) is 0 Å². The molecule has 2 aromatic carbocycles. The highest BCUT2D eigenvalue weighted by Gasteiger charge is 2.17. The first-order valence-corrected chi connectivity index (χ1v) is 11.1. The topological polar surface area (TPSA) is 68.4 Å². The number of carbonyl (C=O) groups is 1. The van der Waals surface area contributed by atoms with Gasteiger partial charge in [0.05, 0.1) is 0 Å². The van der Waals surface area contributed by atoms with E-state index in [0.717, 1.165) is 40.2 Å². The van der Waals surface area contributed by atoms with Crippen molar-refractivity contribution in [2.75, 3.05) is 33.1 Å². The van der Waals surface area contributed by atoms with Crippen molar-refractivity contribution in [1.82, 2.24) is 15.2 Å². The van der Waals surface area contributed by atoms with Gasteiger partial charge in [-0.15, -0.1) is 0 Å². The van der Waals surface area contributed by atoms with Crippen molar-refractivity contribution in [2.24, 2.45) is 0 Å². The van der Waals surface area contributed by atoms with Crippen LogP contribution in [0.4, 0.5) is 5.69 Å². The SMILES string of the molecule is Cc1cc(C)c(CNC(=O)c2cc(-c3ccc(CN(C)C)cc3)cc(N(C)C)c2C)c(=O)[nH]1. The molecule has 0 spiro atoms. The number of nitrogens with zero attached hydrogens (tertiary/aromatic N) is 2. The Hall–Kier alpha value is -3.38. The van der Waals surface area contributed by atoms with Crippen LogP contribution in [-0.4, -0.2) is 44.0 Å². The number of H-pyrrole nitrogens is 1. The molecule has 0 atom stereocenters. The van der Waals surface area contributed by atoms with Crippen LogP contribution in [0.5, 0.6) is 0 Å². The summed E-state index contributed by atoms with van der Waals surface area (Å²) in [4.78, 5) is 32.5. The molecule has 0 bridgehead atoms. The third-order valence-corrected chi connectivity index (χ3v) is 5.81. The van der Waals surface area contributed by atoms with Crippen LogP contribution >= 0.6 is 0 Å². The third kappa shape index (κ3) is 5.71. The van der Waals surface area contributed by atoms with E-state index in [1.165, 1.54) is 5.56 Å². The van der Waals surface area contributed by atoms with Gasteiger partial charge in [-0.05, 0) is 80.9 Å².